The molecule has 0 aliphatic heterocycles. The molecule has 1 N–H and O–H groups in total. The minimum absolute atomic E-state index is 0.251. The van der Waals surface area contributed by atoms with E-state index in [4.69, 9.17) is 0 Å². The number of hydrogen-bond acceptors (Lipinski definition) is 3. The fourth-order valence-electron chi connectivity index (χ4n) is 2.32. The van der Waals surface area contributed by atoms with Gasteiger partial charge in [-0.15, -0.1) is 0 Å². The van der Waals surface area contributed by atoms with Crippen LogP contribution in [0, 0.1) is 5.92 Å². The summed E-state index contributed by atoms with van der Waals surface area (Å²) in [7, 11) is -2.97. The molecule has 1 fully saturated rings. The van der Waals surface area contributed by atoms with E-state index in [1.54, 1.807) is 20.8 Å². The molecule has 3 nitrogen and oxygen atoms in total. The van der Waals surface area contributed by atoms with Gasteiger partial charge in [0.2, 0.25) is 0 Å². The van der Waals surface area contributed by atoms with Gasteiger partial charge in [-0.1, -0.05) is 19.8 Å². The lowest BCUT2D eigenvalue weighted by Gasteiger charge is -2.28. The zero-order chi connectivity index (χ0) is 13.1. The highest BCUT2D eigenvalue weighted by Crippen LogP contribution is 2.23. The molecule has 0 bridgehead atoms. The second-order valence-electron chi connectivity index (χ2n) is 6.35. The van der Waals surface area contributed by atoms with Gasteiger partial charge < -0.3 is 5.32 Å². The molecule has 102 valence electrons. The molecule has 0 saturated heterocycles. The summed E-state index contributed by atoms with van der Waals surface area (Å²) >= 11 is 0. The molecule has 0 radical (unpaired) electrons. The molecule has 2 unspecified atom stereocenters. The summed E-state index contributed by atoms with van der Waals surface area (Å²) in [5.74, 6) is 1.03. The van der Waals surface area contributed by atoms with Crippen LogP contribution < -0.4 is 5.32 Å². The van der Waals surface area contributed by atoms with E-state index in [-0.39, 0.29) is 5.75 Å². The van der Waals surface area contributed by atoms with Crippen molar-refractivity contribution in [3.8, 4) is 0 Å². The van der Waals surface area contributed by atoms with Gasteiger partial charge in [0.1, 0.15) is 0 Å². The van der Waals surface area contributed by atoms with Crippen LogP contribution in [0.1, 0.15) is 53.4 Å². The van der Waals surface area contributed by atoms with Gasteiger partial charge in [0.25, 0.3) is 0 Å². The Morgan fingerprint density at radius 3 is 2.41 bits per heavy atom. The quantitative estimate of drug-likeness (QED) is 0.845. The van der Waals surface area contributed by atoms with Crippen LogP contribution in [-0.2, 0) is 9.84 Å². The van der Waals surface area contributed by atoms with E-state index >= 15 is 0 Å². The van der Waals surface area contributed by atoms with Crippen LogP contribution >= 0.6 is 0 Å². The SMILES string of the molecule is CC1CCCC(NCCS(=O)(=O)C(C)(C)C)C1. The molecule has 0 amide bonds. The number of hydrogen-bond donors (Lipinski definition) is 1. The van der Waals surface area contributed by atoms with Gasteiger partial charge in [0.15, 0.2) is 9.84 Å². The van der Waals surface area contributed by atoms with Gasteiger partial charge in [-0.25, -0.2) is 8.42 Å². The highest BCUT2D eigenvalue weighted by Gasteiger charge is 2.28. The minimum Gasteiger partial charge on any atom is -0.313 e. The molecular weight excluding hydrogens is 234 g/mol. The monoisotopic (exact) mass is 261 g/mol. The Labute approximate surface area is 106 Å². The van der Waals surface area contributed by atoms with Crippen molar-refractivity contribution in [2.75, 3.05) is 12.3 Å². The third-order valence-electron chi connectivity index (χ3n) is 3.67. The molecule has 17 heavy (non-hydrogen) atoms. The zero-order valence-electron chi connectivity index (χ0n) is 11.6. The summed E-state index contributed by atoms with van der Waals surface area (Å²) in [6.45, 7) is 8.18. The summed E-state index contributed by atoms with van der Waals surface area (Å²) in [4.78, 5) is 0. The predicted octanol–water partition coefficient (Wildman–Crippen LogP) is 2.37. The van der Waals surface area contributed by atoms with Gasteiger partial charge in [0, 0.05) is 12.6 Å². The molecule has 0 spiro atoms. The summed E-state index contributed by atoms with van der Waals surface area (Å²) in [6.07, 6.45) is 4.97. The maximum absolute atomic E-state index is 11.9. The van der Waals surface area contributed by atoms with Crippen LogP contribution in [0.25, 0.3) is 0 Å². The fraction of sp³-hybridized carbons (Fsp3) is 1.00. The largest absolute Gasteiger partial charge is 0.313 e. The third kappa shape index (κ3) is 4.59. The Hall–Kier alpha value is -0.0900. The molecule has 0 heterocycles. The Balaban J connectivity index is 2.33. The first-order chi connectivity index (χ1) is 7.72. The van der Waals surface area contributed by atoms with Crippen molar-refractivity contribution in [2.24, 2.45) is 5.92 Å². The van der Waals surface area contributed by atoms with E-state index in [0.717, 1.165) is 5.92 Å². The first-order valence-corrected chi connectivity index (χ1v) is 8.33. The van der Waals surface area contributed by atoms with Gasteiger partial charge in [0.05, 0.1) is 10.5 Å². The standard InChI is InChI=1S/C13H27NO2S/c1-11-6-5-7-12(10-11)14-8-9-17(15,16)13(2,3)4/h11-12,14H,5-10H2,1-4H3. The van der Waals surface area contributed by atoms with Crippen molar-refractivity contribution in [1.82, 2.24) is 5.32 Å². The third-order valence-corrected chi connectivity index (χ3v) is 6.28. The van der Waals surface area contributed by atoms with Crippen LogP contribution in [0.2, 0.25) is 0 Å². The van der Waals surface area contributed by atoms with Gasteiger partial charge in [-0.05, 0) is 39.5 Å². The number of nitrogens with one attached hydrogen (secondary N) is 1. The summed E-state index contributed by atoms with van der Waals surface area (Å²) in [5.41, 5.74) is 0. The molecule has 0 aromatic rings. The maximum Gasteiger partial charge on any atom is 0.156 e. The zero-order valence-corrected chi connectivity index (χ0v) is 12.4. The molecule has 2 atom stereocenters. The second kappa shape index (κ2) is 5.70. The molecular formula is C13H27NO2S. The lowest BCUT2D eigenvalue weighted by molar-refractivity contribution is 0.305. The highest BCUT2D eigenvalue weighted by atomic mass is 32.2. The Bertz CT molecular complexity index is 330. The van der Waals surface area contributed by atoms with Crippen molar-refractivity contribution in [2.45, 2.75) is 64.2 Å². The molecule has 1 saturated carbocycles. The van der Waals surface area contributed by atoms with E-state index in [2.05, 4.69) is 12.2 Å². The first-order valence-electron chi connectivity index (χ1n) is 6.68. The van der Waals surface area contributed by atoms with Crippen molar-refractivity contribution in [3.63, 3.8) is 0 Å². The molecule has 1 aliphatic carbocycles. The van der Waals surface area contributed by atoms with Gasteiger partial charge in [-0.2, -0.15) is 0 Å². The van der Waals surface area contributed by atoms with Crippen LogP contribution in [0.3, 0.4) is 0 Å². The predicted molar refractivity (Wildman–Crippen MR) is 73.0 cm³/mol. The number of rotatable bonds is 4. The van der Waals surface area contributed by atoms with Crippen LogP contribution in [0.15, 0.2) is 0 Å². The first kappa shape index (κ1) is 15.0. The number of sulfone groups is 1. The summed E-state index contributed by atoms with van der Waals surface area (Å²) in [6, 6.07) is 0.522. The average molecular weight is 261 g/mol. The smallest absolute Gasteiger partial charge is 0.156 e. The molecule has 0 aromatic carbocycles. The molecule has 0 aromatic heterocycles. The van der Waals surface area contributed by atoms with Crippen LogP contribution in [0.5, 0.6) is 0 Å². The lowest BCUT2D eigenvalue weighted by atomic mass is 9.87. The topological polar surface area (TPSA) is 46.2 Å². The second-order valence-corrected chi connectivity index (χ2v) is 9.22. The molecule has 1 aliphatic rings. The van der Waals surface area contributed by atoms with Crippen LogP contribution in [0.4, 0.5) is 0 Å². The van der Waals surface area contributed by atoms with Crippen molar-refractivity contribution in [1.29, 1.82) is 0 Å². The van der Waals surface area contributed by atoms with E-state index < -0.39 is 14.6 Å². The Kier molecular flexibility index (Phi) is 5.02. The highest BCUT2D eigenvalue weighted by molar-refractivity contribution is 7.92. The van der Waals surface area contributed by atoms with E-state index in [0.29, 0.717) is 12.6 Å². The lowest BCUT2D eigenvalue weighted by Crippen LogP contribution is -2.39. The average Bonchev–Trinajstić information content (AvgIpc) is 2.15. The van der Waals surface area contributed by atoms with Crippen LogP contribution in [-0.4, -0.2) is 31.5 Å². The van der Waals surface area contributed by atoms with E-state index in [1.165, 1.54) is 25.7 Å². The van der Waals surface area contributed by atoms with E-state index in [1.807, 2.05) is 0 Å². The van der Waals surface area contributed by atoms with Gasteiger partial charge >= 0.3 is 0 Å². The Morgan fingerprint density at radius 1 is 1.24 bits per heavy atom. The minimum atomic E-state index is -2.97. The van der Waals surface area contributed by atoms with Crippen molar-refractivity contribution < 1.29 is 8.42 Å². The molecule has 4 heteroatoms. The van der Waals surface area contributed by atoms with Crippen molar-refractivity contribution in [3.05, 3.63) is 0 Å². The summed E-state index contributed by atoms with van der Waals surface area (Å²) < 4.78 is 23.2. The Morgan fingerprint density at radius 2 is 1.88 bits per heavy atom. The van der Waals surface area contributed by atoms with E-state index in [9.17, 15) is 8.42 Å². The maximum atomic E-state index is 11.9. The molecule has 1 rings (SSSR count). The normalized spacial score (nSPS) is 27.1. The van der Waals surface area contributed by atoms with Crippen molar-refractivity contribution >= 4 is 9.84 Å². The van der Waals surface area contributed by atoms with Gasteiger partial charge in [-0.3, -0.25) is 0 Å². The summed E-state index contributed by atoms with van der Waals surface area (Å²) in [5, 5.41) is 3.40. The fourth-order valence-corrected chi connectivity index (χ4v) is 3.32.